The lowest BCUT2D eigenvalue weighted by Crippen LogP contribution is -2.45. The molecule has 0 bridgehead atoms. The topological polar surface area (TPSA) is 70.2 Å². The lowest BCUT2D eigenvalue weighted by Gasteiger charge is -2.15. The van der Waals surface area contributed by atoms with Gasteiger partial charge < -0.3 is 10.6 Å². The van der Waals surface area contributed by atoms with Crippen LogP contribution in [0.5, 0.6) is 0 Å². The summed E-state index contributed by atoms with van der Waals surface area (Å²) in [7, 11) is 0. The Morgan fingerprint density at radius 1 is 1.19 bits per heavy atom. The molecular weight excluding hydrogens is 273 g/mol. The number of carbonyl (C=O) groups excluding carboxylic acids is 2. The van der Waals surface area contributed by atoms with Gasteiger partial charge in [0.1, 0.15) is 5.82 Å². The Hall–Kier alpha value is -1.95. The Bertz CT molecular complexity index is 492. The van der Waals surface area contributed by atoms with Gasteiger partial charge in [-0.1, -0.05) is 26.0 Å². The quantitative estimate of drug-likeness (QED) is 0.714. The third kappa shape index (κ3) is 6.35. The molecule has 0 saturated heterocycles. The van der Waals surface area contributed by atoms with Crippen LogP contribution in [0.2, 0.25) is 0 Å². The largest absolute Gasteiger partial charge is 0.354 e. The number of amides is 2. The van der Waals surface area contributed by atoms with E-state index in [4.69, 9.17) is 0 Å². The standard InChI is InChI=1S/C15H22FN3O2/c1-10(2)8-18-15(21)11(3)17-9-14(20)19-13-7-5-4-6-12(13)16/h4-7,10-11,17H,8-9H2,1-3H3,(H,18,21)(H,19,20). The number of carbonyl (C=O) groups is 2. The maximum absolute atomic E-state index is 13.4. The second-order valence-electron chi connectivity index (χ2n) is 5.27. The summed E-state index contributed by atoms with van der Waals surface area (Å²) in [6, 6.07) is 5.44. The molecule has 3 N–H and O–H groups in total. The summed E-state index contributed by atoms with van der Waals surface area (Å²) in [6.45, 7) is 6.20. The van der Waals surface area contributed by atoms with Crippen molar-refractivity contribution in [3.8, 4) is 0 Å². The number of hydrogen-bond donors (Lipinski definition) is 3. The van der Waals surface area contributed by atoms with Crippen molar-refractivity contribution >= 4 is 17.5 Å². The molecule has 0 aliphatic heterocycles. The first-order chi connectivity index (χ1) is 9.90. The van der Waals surface area contributed by atoms with Gasteiger partial charge in [-0.25, -0.2) is 4.39 Å². The van der Waals surface area contributed by atoms with Crippen LogP contribution >= 0.6 is 0 Å². The van der Waals surface area contributed by atoms with E-state index in [2.05, 4.69) is 16.0 Å². The average molecular weight is 295 g/mol. The molecule has 1 aromatic carbocycles. The van der Waals surface area contributed by atoms with Crippen LogP contribution in [0.1, 0.15) is 20.8 Å². The molecule has 0 aromatic heterocycles. The highest BCUT2D eigenvalue weighted by molar-refractivity contribution is 5.93. The van der Waals surface area contributed by atoms with Crippen LogP contribution in [0, 0.1) is 11.7 Å². The normalized spacial score (nSPS) is 12.0. The number of benzene rings is 1. The highest BCUT2D eigenvalue weighted by atomic mass is 19.1. The van der Waals surface area contributed by atoms with E-state index in [-0.39, 0.29) is 18.1 Å². The molecule has 0 spiro atoms. The van der Waals surface area contributed by atoms with Gasteiger partial charge in [-0.3, -0.25) is 14.9 Å². The number of hydrogen-bond acceptors (Lipinski definition) is 3. The van der Waals surface area contributed by atoms with E-state index in [1.54, 1.807) is 19.1 Å². The van der Waals surface area contributed by atoms with E-state index in [9.17, 15) is 14.0 Å². The molecule has 1 rings (SSSR count). The Kier molecular flexibility index (Phi) is 6.81. The van der Waals surface area contributed by atoms with E-state index in [1.807, 2.05) is 13.8 Å². The van der Waals surface area contributed by atoms with Crippen LogP contribution in [0.25, 0.3) is 0 Å². The van der Waals surface area contributed by atoms with Gasteiger partial charge in [-0.2, -0.15) is 0 Å². The zero-order valence-corrected chi connectivity index (χ0v) is 12.6. The fourth-order valence-corrected chi connectivity index (χ4v) is 1.55. The van der Waals surface area contributed by atoms with E-state index in [0.717, 1.165) is 0 Å². The van der Waals surface area contributed by atoms with E-state index in [1.165, 1.54) is 12.1 Å². The SMILES string of the molecule is CC(C)CNC(=O)C(C)NCC(=O)Nc1ccccc1F. The number of nitrogens with one attached hydrogen (secondary N) is 3. The molecule has 21 heavy (non-hydrogen) atoms. The zero-order valence-electron chi connectivity index (χ0n) is 12.6. The number of para-hydroxylation sites is 1. The molecule has 1 aromatic rings. The molecule has 1 atom stereocenters. The Labute approximate surface area is 124 Å². The van der Waals surface area contributed by atoms with Gasteiger partial charge in [0.15, 0.2) is 0 Å². The maximum atomic E-state index is 13.4. The Morgan fingerprint density at radius 3 is 2.48 bits per heavy atom. The highest BCUT2D eigenvalue weighted by Crippen LogP contribution is 2.11. The van der Waals surface area contributed by atoms with Gasteiger partial charge in [-0.15, -0.1) is 0 Å². The van der Waals surface area contributed by atoms with Crippen molar-refractivity contribution in [2.45, 2.75) is 26.8 Å². The lowest BCUT2D eigenvalue weighted by molar-refractivity contribution is -0.123. The first-order valence-corrected chi connectivity index (χ1v) is 6.95. The summed E-state index contributed by atoms with van der Waals surface area (Å²) in [5.41, 5.74) is 0.126. The van der Waals surface area contributed by atoms with Gasteiger partial charge in [-0.05, 0) is 25.0 Å². The molecule has 0 radical (unpaired) electrons. The molecule has 0 heterocycles. The molecule has 0 aliphatic carbocycles. The maximum Gasteiger partial charge on any atom is 0.238 e. The van der Waals surface area contributed by atoms with E-state index < -0.39 is 17.8 Å². The molecule has 6 heteroatoms. The summed E-state index contributed by atoms with van der Waals surface area (Å²) in [5, 5.41) is 8.02. The van der Waals surface area contributed by atoms with Crippen LogP contribution in [0.4, 0.5) is 10.1 Å². The van der Waals surface area contributed by atoms with Gasteiger partial charge in [0.2, 0.25) is 11.8 Å². The molecule has 1 unspecified atom stereocenters. The predicted molar refractivity (Wildman–Crippen MR) is 80.3 cm³/mol. The molecule has 2 amide bonds. The van der Waals surface area contributed by atoms with Gasteiger partial charge in [0.25, 0.3) is 0 Å². The fraction of sp³-hybridized carbons (Fsp3) is 0.467. The van der Waals surface area contributed by atoms with Crippen LogP contribution in [-0.4, -0.2) is 30.9 Å². The van der Waals surface area contributed by atoms with Crippen LogP contribution in [0.15, 0.2) is 24.3 Å². The first kappa shape index (κ1) is 17.1. The Morgan fingerprint density at radius 2 is 1.86 bits per heavy atom. The minimum Gasteiger partial charge on any atom is -0.354 e. The van der Waals surface area contributed by atoms with Crippen molar-refractivity contribution in [1.82, 2.24) is 10.6 Å². The highest BCUT2D eigenvalue weighted by Gasteiger charge is 2.14. The number of halogens is 1. The summed E-state index contributed by atoms with van der Waals surface area (Å²) in [4.78, 5) is 23.4. The van der Waals surface area contributed by atoms with E-state index in [0.29, 0.717) is 12.5 Å². The van der Waals surface area contributed by atoms with Crippen molar-refractivity contribution < 1.29 is 14.0 Å². The smallest absolute Gasteiger partial charge is 0.238 e. The number of anilines is 1. The second-order valence-corrected chi connectivity index (χ2v) is 5.27. The average Bonchev–Trinajstić information content (AvgIpc) is 2.44. The van der Waals surface area contributed by atoms with Crippen molar-refractivity contribution in [3.05, 3.63) is 30.1 Å². The zero-order chi connectivity index (χ0) is 15.8. The predicted octanol–water partition coefficient (Wildman–Crippen LogP) is 1.51. The minimum atomic E-state index is -0.492. The van der Waals surface area contributed by atoms with Crippen LogP contribution in [-0.2, 0) is 9.59 Å². The summed E-state index contributed by atoms with van der Waals surface area (Å²) in [6.07, 6.45) is 0. The molecular formula is C15H22FN3O2. The molecule has 0 fully saturated rings. The summed E-state index contributed by atoms with van der Waals surface area (Å²) in [5.74, 6) is -0.690. The minimum absolute atomic E-state index is 0.0649. The Balaban J connectivity index is 2.36. The molecule has 0 aliphatic rings. The van der Waals surface area contributed by atoms with Crippen molar-refractivity contribution in [1.29, 1.82) is 0 Å². The monoisotopic (exact) mass is 295 g/mol. The van der Waals surface area contributed by atoms with Crippen molar-refractivity contribution in [2.24, 2.45) is 5.92 Å². The first-order valence-electron chi connectivity index (χ1n) is 6.95. The number of rotatable bonds is 7. The molecule has 116 valence electrons. The lowest BCUT2D eigenvalue weighted by atomic mass is 10.2. The third-order valence-corrected chi connectivity index (χ3v) is 2.79. The van der Waals surface area contributed by atoms with Gasteiger partial charge in [0, 0.05) is 6.54 Å². The second kappa shape index (κ2) is 8.36. The summed E-state index contributed by atoms with van der Waals surface area (Å²) >= 11 is 0. The fourth-order valence-electron chi connectivity index (χ4n) is 1.55. The summed E-state index contributed by atoms with van der Waals surface area (Å²) < 4.78 is 13.4. The van der Waals surface area contributed by atoms with Gasteiger partial charge in [0.05, 0.1) is 18.3 Å². The van der Waals surface area contributed by atoms with Crippen molar-refractivity contribution in [2.75, 3.05) is 18.4 Å². The molecule has 0 saturated carbocycles. The van der Waals surface area contributed by atoms with Gasteiger partial charge >= 0.3 is 0 Å². The van der Waals surface area contributed by atoms with Crippen molar-refractivity contribution in [3.63, 3.8) is 0 Å². The third-order valence-electron chi connectivity index (χ3n) is 2.79. The van der Waals surface area contributed by atoms with Crippen LogP contribution < -0.4 is 16.0 Å². The van der Waals surface area contributed by atoms with Crippen LogP contribution in [0.3, 0.4) is 0 Å². The molecule has 5 nitrogen and oxygen atoms in total. The van der Waals surface area contributed by atoms with E-state index >= 15 is 0 Å².